The van der Waals surface area contributed by atoms with Crippen LogP contribution < -0.4 is 19.5 Å². The Hall–Kier alpha value is -2.25. The predicted molar refractivity (Wildman–Crippen MR) is 111 cm³/mol. The van der Waals surface area contributed by atoms with Gasteiger partial charge < -0.3 is 24.4 Å². The normalized spacial score (nSPS) is 15.2. The molecule has 1 aromatic heterocycles. The van der Waals surface area contributed by atoms with E-state index < -0.39 is 0 Å². The van der Waals surface area contributed by atoms with Crippen LogP contribution >= 0.6 is 11.3 Å². The molecule has 0 radical (unpaired) electrons. The highest BCUT2D eigenvalue weighted by atomic mass is 32.1. The Morgan fingerprint density at radius 3 is 2.46 bits per heavy atom. The van der Waals surface area contributed by atoms with Gasteiger partial charge in [-0.05, 0) is 55.4 Å². The van der Waals surface area contributed by atoms with Gasteiger partial charge in [-0.1, -0.05) is 6.07 Å². The first-order valence-corrected chi connectivity index (χ1v) is 10.4. The number of carbonyl (C=O) groups excluding carboxylic acids is 1. The molecule has 0 aliphatic carbocycles. The summed E-state index contributed by atoms with van der Waals surface area (Å²) >= 11 is 1.85. The van der Waals surface area contributed by atoms with Crippen LogP contribution in [0.5, 0.6) is 17.2 Å². The highest BCUT2D eigenvalue weighted by Crippen LogP contribution is 2.39. The van der Waals surface area contributed by atoms with Crippen LogP contribution in [-0.4, -0.2) is 58.3 Å². The van der Waals surface area contributed by atoms with Gasteiger partial charge in [-0.2, -0.15) is 0 Å². The molecule has 0 saturated carbocycles. The minimum absolute atomic E-state index is 0.175. The summed E-state index contributed by atoms with van der Waals surface area (Å²) < 4.78 is 16.0. The van der Waals surface area contributed by atoms with Crippen LogP contribution in [0, 0.1) is 0 Å². The molecule has 0 bridgehead atoms. The molecule has 2 heterocycles. The first kappa shape index (κ1) is 20.5. The molecule has 1 N–H and O–H groups in total. The standard InChI is InChI=1S/C21H28N2O4S/c1-25-17-7-6-16(19(26-2)20(17)27-3)21(24)22-10-13-23-11-8-15(9-12-23)18-5-4-14-28-18/h4-7,14-15H,8-13H2,1-3H3,(H,22,24). The molecule has 28 heavy (non-hydrogen) atoms. The summed E-state index contributed by atoms with van der Waals surface area (Å²) in [5.41, 5.74) is 0.441. The Morgan fingerprint density at radius 1 is 1.11 bits per heavy atom. The number of nitrogens with one attached hydrogen (secondary N) is 1. The second-order valence-corrected chi connectivity index (χ2v) is 7.75. The molecule has 1 aliphatic heterocycles. The maximum absolute atomic E-state index is 12.6. The van der Waals surface area contributed by atoms with E-state index in [4.69, 9.17) is 14.2 Å². The molecule has 1 fully saturated rings. The number of benzene rings is 1. The summed E-state index contributed by atoms with van der Waals surface area (Å²) in [6.07, 6.45) is 2.36. The minimum atomic E-state index is -0.175. The third kappa shape index (κ3) is 4.59. The number of hydrogen-bond acceptors (Lipinski definition) is 6. The summed E-state index contributed by atoms with van der Waals surface area (Å²) in [7, 11) is 4.60. The number of likely N-dealkylation sites (tertiary alicyclic amines) is 1. The average Bonchev–Trinajstić information content (AvgIpc) is 3.27. The first-order valence-electron chi connectivity index (χ1n) is 9.50. The van der Waals surface area contributed by atoms with Crippen molar-refractivity contribution in [3.63, 3.8) is 0 Å². The number of amides is 1. The van der Waals surface area contributed by atoms with E-state index in [0.717, 1.165) is 19.6 Å². The fraction of sp³-hybridized carbons (Fsp3) is 0.476. The molecule has 1 aliphatic rings. The fourth-order valence-corrected chi connectivity index (χ4v) is 4.57. The third-order valence-electron chi connectivity index (χ3n) is 5.20. The highest BCUT2D eigenvalue weighted by Gasteiger charge is 2.22. The van der Waals surface area contributed by atoms with Crippen molar-refractivity contribution in [1.29, 1.82) is 0 Å². The zero-order valence-electron chi connectivity index (χ0n) is 16.7. The van der Waals surface area contributed by atoms with E-state index in [-0.39, 0.29) is 5.91 Å². The second kappa shape index (κ2) is 9.80. The van der Waals surface area contributed by atoms with Crippen LogP contribution in [0.4, 0.5) is 0 Å². The van der Waals surface area contributed by atoms with Crippen LogP contribution in [0.15, 0.2) is 29.6 Å². The largest absolute Gasteiger partial charge is 0.493 e. The molecule has 0 spiro atoms. The van der Waals surface area contributed by atoms with Gasteiger partial charge >= 0.3 is 0 Å². The second-order valence-electron chi connectivity index (χ2n) is 6.77. The van der Waals surface area contributed by atoms with E-state index >= 15 is 0 Å². The van der Waals surface area contributed by atoms with Gasteiger partial charge in [0.25, 0.3) is 5.91 Å². The molecule has 3 rings (SSSR count). The lowest BCUT2D eigenvalue weighted by atomic mass is 9.95. The average molecular weight is 405 g/mol. The van der Waals surface area contributed by atoms with E-state index in [1.165, 1.54) is 31.9 Å². The van der Waals surface area contributed by atoms with E-state index in [2.05, 4.69) is 27.7 Å². The Labute approximate surface area is 170 Å². The molecule has 0 atom stereocenters. The monoisotopic (exact) mass is 404 g/mol. The van der Waals surface area contributed by atoms with Gasteiger partial charge in [0.05, 0.1) is 26.9 Å². The quantitative estimate of drug-likeness (QED) is 0.731. The summed E-state index contributed by atoms with van der Waals surface area (Å²) in [6, 6.07) is 7.78. The first-order chi connectivity index (χ1) is 13.7. The molecule has 1 amide bonds. The molecular formula is C21H28N2O4S. The van der Waals surface area contributed by atoms with Crippen molar-refractivity contribution < 1.29 is 19.0 Å². The zero-order valence-corrected chi connectivity index (χ0v) is 17.5. The molecule has 152 valence electrons. The number of rotatable bonds is 8. The molecule has 7 heteroatoms. The molecule has 2 aromatic rings. The molecule has 1 aromatic carbocycles. The number of hydrogen-bond donors (Lipinski definition) is 1. The summed E-state index contributed by atoms with van der Waals surface area (Å²) in [5, 5.41) is 5.15. The SMILES string of the molecule is COc1ccc(C(=O)NCCN2CCC(c3cccs3)CC2)c(OC)c1OC. The number of thiophene rings is 1. The van der Waals surface area contributed by atoms with Crippen molar-refractivity contribution in [3.05, 3.63) is 40.1 Å². The Balaban J connectivity index is 1.51. The fourth-order valence-electron chi connectivity index (χ4n) is 3.67. The van der Waals surface area contributed by atoms with Gasteiger partial charge in [-0.3, -0.25) is 4.79 Å². The maximum atomic E-state index is 12.6. The maximum Gasteiger partial charge on any atom is 0.255 e. The summed E-state index contributed by atoms with van der Waals surface area (Å²) in [6.45, 7) is 3.58. The van der Waals surface area contributed by atoms with Gasteiger partial charge in [0.1, 0.15) is 0 Å². The van der Waals surface area contributed by atoms with Gasteiger partial charge in [0, 0.05) is 18.0 Å². The van der Waals surface area contributed by atoms with Crippen molar-refractivity contribution in [2.45, 2.75) is 18.8 Å². The van der Waals surface area contributed by atoms with Crippen molar-refractivity contribution in [3.8, 4) is 17.2 Å². The lowest BCUT2D eigenvalue weighted by molar-refractivity contribution is 0.0942. The van der Waals surface area contributed by atoms with Gasteiger partial charge in [0.15, 0.2) is 11.5 Å². The third-order valence-corrected chi connectivity index (χ3v) is 6.23. The molecule has 1 saturated heterocycles. The van der Waals surface area contributed by atoms with E-state index in [9.17, 15) is 4.79 Å². The predicted octanol–water partition coefficient (Wildman–Crippen LogP) is 3.38. The molecular weight excluding hydrogens is 376 g/mol. The Morgan fingerprint density at radius 2 is 1.86 bits per heavy atom. The highest BCUT2D eigenvalue weighted by molar-refractivity contribution is 7.10. The summed E-state index contributed by atoms with van der Waals surface area (Å²) in [4.78, 5) is 16.5. The smallest absolute Gasteiger partial charge is 0.255 e. The molecule has 6 nitrogen and oxygen atoms in total. The lowest BCUT2D eigenvalue weighted by Crippen LogP contribution is -2.39. The number of ether oxygens (including phenoxy) is 3. The van der Waals surface area contributed by atoms with Crippen molar-refractivity contribution in [1.82, 2.24) is 10.2 Å². The van der Waals surface area contributed by atoms with Gasteiger partial charge in [-0.15, -0.1) is 11.3 Å². The van der Waals surface area contributed by atoms with Crippen molar-refractivity contribution in [2.75, 3.05) is 47.5 Å². The van der Waals surface area contributed by atoms with Crippen LogP contribution in [0.1, 0.15) is 34.0 Å². The molecule has 0 unspecified atom stereocenters. The number of carbonyl (C=O) groups is 1. The number of nitrogens with zero attached hydrogens (tertiary/aromatic N) is 1. The topological polar surface area (TPSA) is 60.0 Å². The van der Waals surface area contributed by atoms with Crippen LogP contribution in [0.2, 0.25) is 0 Å². The zero-order chi connectivity index (χ0) is 19.9. The van der Waals surface area contributed by atoms with E-state index in [0.29, 0.717) is 35.3 Å². The van der Waals surface area contributed by atoms with Gasteiger partial charge in [-0.25, -0.2) is 0 Å². The van der Waals surface area contributed by atoms with Crippen LogP contribution in [0.25, 0.3) is 0 Å². The number of methoxy groups -OCH3 is 3. The Bertz CT molecular complexity index is 771. The van der Waals surface area contributed by atoms with Crippen LogP contribution in [0.3, 0.4) is 0 Å². The lowest BCUT2D eigenvalue weighted by Gasteiger charge is -2.31. The van der Waals surface area contributed by atoms with E-state index in [1.54, 1.807) is 19.2 Å². The van der Waals surface area contributed by atoms with E-state index in [1.807, 2.05) is 11.3 Å². The van der Waals surface area contributed by atoms with Crippen molar-refractivity contribution in [2.24, 2.45) is 0 Å². The van der Waals surface area contributed by atoms with Crippen LogP contribution in [-0.2, 0) is 0 Å². The summed E-state index contributed by atoms with van der Waals surface area (Å²) in [5.74, 6) is 1.85. The Kier molecular flexibility index (Phi) is 7.17. The van der Waals surface area contributed by atoms with Crippen molar-refractivity contribution >= 4 is 17.2 Å². The minimum Gasteiger partial charge on any atom is -0.493 e. The number of piperidine rings is 1. The van der Waals surface area contributed by atoms with Gasteiger partial charge in [0.2, 0.25) is 5.75 Å².